The molecular formula is C39H54GeIrNO2S-. The fourth-order valence-electron chi connectivity index (χ4n) is 6.13. The van der Waals surface area contributed by atoms with Crippen LogP contribution in [0, 0.1) is 37.7 Å². The molecule has 0 saturated heterocycles. The number of aliphatic hydroxyl groups excluding tert-OH is 1. The standard InChI is InChI=1S/C26H30GeNS.C13H24O2.Ir/c1-16(2)12-22-23(27(5,6)7)9-8-20-21-10-11-28-24(26(21)29-25(20)22)19-14-17(3)13-18(4)15-19;1-5-10(6-2)12(14)9-13(15)11(7-3)8-4;/h8-11,13-14,16H,12H2,1-7H3;9-11,14H,5-8H2,1-4H3;/q-1;;/b;12-9-;. The molecule has 3 nitrogen and oxygen atoms in total. The third-order valence-corrected chi connectivity index (χ3v) is 14.2. The van der Waals surface area contributed by atoms with Crippen LogP contribution in [-0.2, 0) is 31.3 Å². The van der Waals surface area contributed by atoms with E-state index in [4.69, 9.17) is 4.98 Å². The SMILES string of the molecule is CCC(CC)C(=O)/C=C(\O)C(CC)CC.Cc1[c-]c(-c2nccc3c2sc2c(CC(C)C)[c]([Ge]([CH3])([CH3])[CH3])ccc23)cc(C)c1.[Ir]. The van der Waals surface area contributed by atoms with E-state index in [1.807, 2.05) is 45.2 Å². The largest absolute Gasteiger partial charge is 0 e. The molecule has 0 unspecified atom stereocenters. The van der Waals surface area contributed by atoms with Gasteiger partial charge in [-0.3, -0.25) is 4.79 Å². The van der Waals surface area contributed by atoms with E-state index in [0.29, 0.717) is 5.92 Å². The van der Waals surface area contributed by atoms with Gasteiger partial charge in [-0.1, -0.05) is 27.7 Å². The number of benzene rings is 2. The summed E-state index contributed by atoms with van der Waals surface area (Å²) in [6, 6.07) is 14.9. The Bertz CT molecular complexity index is 1590. The molecule has 0 amide bonds. The summed E-state index contributed by atoms with van der Waals surface area (Å²) >= 11 is -0.0213. The summed E-state index contributed by atoms with van der Waals surface area (Å²) in [6.45, 7) is 17.0. The van der Waals surface area contributed by atoms with Crippen molar-refractivity contribution in [2.45, 2.75) is 105 Å². The molecule has 0 fully saturated rings. The molecule has 247 valence electrons. The molecule has 4 aromatic rings. The first-order chi connectivity index (χ1) is 20.7. The van der Waals surface area contributed by atoms with E-state index >= 15 is 0 Å². The summed E-state index contributed by atoms with van der Waals surface area (Å²) in [5, 5.41) is 12.5. The fourth-order valence-corrected chi connectivity index (χ4v) is 11.3. The Hall–Kier alpha value is -1.79. The van der Waals surface area contributed by atoms with Gasteiger partial charge >= 0.3 is 182 Å². The Balaban J connectivity index is 0.000000378. The van der Waals surface area contributed by atoms with Crippen LogP contribution in [0.3, 0.4) is 0 Å². The number of aryl methyl sites for hydroxylation is 2. The Morgan fingerprint density at radius 2 is 1.53 bits per heavy atom. The van der Waals surface area contributed by atoms with E-state index in [0.717, 1.165) is 43.4 Å². The molecule has 4 rings (SSSR count). The van der Waals surface area contributed by atoms with Crippen molar-refractivity contribution in [1.29, 1.82) is 0 Å². The molecule has 45 heavy (non-hydrogen) atoms. The molecule has 0 bridgehead atoms. The fraction of sp³-hybridized carbons (Fsp3) is 0.487. The minimum atomic E-state index is -1.96. The van der Waals surface area contributed by atoms with Gasteiger partial charge in [-0.25, -0.2) is 0 Å². The van der Waals surface area contributed by atoms with Crippen LogP contribution >= 0.6 is 11.3 Å². The summed E-state index contributed by atoms with van der Waals surface area (Å²) < 4.78 is 4.43. The van der Waals surface area contributed by atoms with Gasteiger partial charge in [-0.05, 0) is 25.7 Å². The van der Waals surface area contributed by atoms with Crippen LogP contribution in [0.25, 0.3) is 31.4 Å². The number of ketones is 1. The first-order valence-electron chi connectivity index (χ1n) is 16.5. The number of carbonyl (C=O) groups is 1. The normalized spacial score (nSPS) is 12.2. The minimum absolute atomic E-state index is 0. The Morgan fingerprint density at radius 1 is 0.933 bits per heavy atom. The molecule has 0 aliphatic heterocycles. The predicted octanol–water partition coefficient (Wildman–Crippen LogP) is 11.1. The number of thiophene rings is 1. The topological polar surface area (TPSA) is 50.2 Å². The third-order valence-electron chi connectivity index (χ3n) is 8.56. The third kappa shape index (κ3) is 9.86. The molecule has 0 aliphatic carbocycles. The van der Waals surface area contributed by atoms with Crippen LogP contribution in [0.4, 0.5) is 0 Å². The first kappa shape index (κ1) is 39.4. The molecule has 2 aromatic carbocycles. The van der Waals surface area contributed by atoms with Gasteiger partial charge < -0.3 is 5.11 Å². The number of aromatic nitrogens is 1. The monoisotopic (exact) mass is 867 g/mol. The van der Waals surface area contributed by atoms with Crippen molar-refractivity contribution in [2.24, 2.45) is 17.8 Å². The van der Waals surface area contributed by atoms with E-state index < -0.39 is 13.3 Å². The van der Waals surface area contributed by atoms with Gasteiger partial charge in [0.05, 0.1) is 5.76 Å². The molecule has 0 saturated carbocycles. The van der Waals surface area contributed by atoms with Gasteiger partial charge in [0.2, 0.25) is 0 Å². The average molecular weight is 866 g/mol. The summed E-state index contributed by atoms with van der Waals surface area (Å²) in [4.78, 5) is 16.5. The number of carbonyl (C=O) groups excluding carboxylic acids is 1. The van der Waals surface area contributed by atoms with Crippen LogP contribution < -0.4 is 4.40 Å². The average Bonchev–Trinajstić information content (AvgIpc) is 3.33. The van der Waals surface area contributed by atoms with Gasteiger partial charge in [0, 0.05) is 38.0 Å². The zero-order chi connectivity index (χ0) is 32.8. The predicted molar refractivity (Wildman–Crippen MR) is 196 cm³/mol. The number of nitrogens with zero attached hydrogens (tertiary/aromatic N) is 1. The summed E-state index contributed by atoms with van der Waals surface area (Å²) in [7, 11) is 0. The van der Waals surface area contributed by atoms with Crippen molar-refractivity contribution in [3.05, 3.63) is 71.1 Å². The van der Waals surface area contributed by atoms with Gasteiger partial charge in [0.1, 0.15) is 0 Å². The summed E-state index contributed by atoms with van der Waals surface area (Å²) in [6.07, 6.45) is 8.02. The van der Waals surface area contributed by atoms with Crippen molar-refractivity contribution >= 4 is 55.0 Å². The molecule has 6 heteroatoms. The molecule has 1 N–H and O–H groups in total. The molecule has 2 heterocycles. The first-order valence-corrected chi connectivity index (χ1v) is 24.7. The number of aliphatic hydroxyl groups is 1. The molecule has 0 atom stereocenters. The zero-order valence-electron chi connectivity index (χ0n) is 29.4. The van der Waals surface area contributed by atoms with E-state index in [1.165, 1.54) is 37.4 Å². The van der Waals surface area contributed by atoms with E-state index in [-0.39, 0.29) is 43.5 Å². The molecular weight excluding hydrogens is 811 g/mol. The van der Waals surface area contributed by atoms with E-state index in [1.54, 1.807) is 9.96 Å². The smallest absolute Gasteiger partial charge is 0 e. The number of hydrogen-bond acceptors (Lipinski definition) is 4. The molecule has 2 aromatic heterocycles. The van der Waals surface area contributed by atoms with E-state index in [9.17, 15) is 9.90 Å². The second-order valence-electron chi connectivity index (χ2n) is 13.7. The van der Waals surface area contributed by atoms with Crippen molar-refractivity contribution in [2.75, 3.05) is 0 Å². The Labute approximate surface area is 293 Å². The van der Waals surface area contributed by atoms with Crippen LogP contribution in [0.1, 0.15) is 83.9 Å². The molecule has 1 radical (unpaired) electrons. The van der Waals surface area contributed by atoms with Crippen molar-refractivity contribution in [3.63, 3.8) is 0 Å². The maximum atomic E-state index is 11.7. The summed E-state index contributed by atoms with van der Waals surface area (Å²) in [5.74, 6) is 8.73. The van der Waals surface area contributed by atoms with Crippen LogP contribution in [0.5, 0.6) is 0 Å². The van der Waals surface area contributed by atoms with Gasteiger partial charge in [-0.15, -0.1) is 0 Å². The number of rotatable bonds is 11. The molecule has 0 aliphatic rings. The number of allylic oxidation sites excluding steroid dienone is 2. The Kier molecular flexibility index (Phi) is 15.2. The maximum Gasteiger partial charge on any atom is 0 e. The van der Waals surface area contributed by atoms with Crippen LogP contribution in [0.2, 0.25) is 17.3 Å². The summed E-state index contributed by atoms with van der Waals surface area (Å²) in [5.41, 5.74) is 6.22. The second kappa shape index (κ2) is 17.4. The maximum absolute atomic E-state index is 11.7. The quantitative estimate of drug-likeness (QED) is 0.0707. The van der Waals surface area contributed by atoms with Crippen molar-refractivity contribution in [3.8, 4) is 11.3 Å². The van der Waals surface area contributed by atoms with Gasteiger partial charge in [0.25, 0.3) is 0 Å². The van der Waals surface area contributed by atoms with Gasteiger partial charge in [-0.2, -0.15) is 0 Å². The second-order valence-corrected chi connectivity index (χ2v) is 25.3. The van der Waals surface area contributed by atoms with E-state index in [2.05, 4.69) is 81.4 Å². The van der Waals surface area contributed by atoms with Crippen LogP contribution in [0.15, 0.2) is 48.4 Å². The van der Waals surface area contributed by atoms with Crippen LogP contribution in [-0.4, -0.2) is 29.1 Å². The minimum Gasteiger partial charge on any atom is 0 e. The van der Waals surface area contributed by atoms with Gasteiger partial charge in [0.15, 0.2) is 5.78 Å². The number of fused-ring (bicyclic) bond motifs is 3. The zero-order valence-corrected chi connectivity index (χ0v) is 34.7. The van der Waals surface area contributed by atoms with Crippen molar-refractivity contribution < 1.29 is 30.0 Å². The Morgan fingerprint density at radius 3 is 2.07 bits per heavy atom. The number of hydrogen-bond donors (Lipinski definition) is 1. The molecule has 0 spiro atoms. The number of pyridine rings is 1. The van der Waals surface area contributed by atoms with Crippen molar-refractivity contribution in [1.82, 2.24) is 4.98 Å².